The van der Waals surface area contributed by atoms with Crippen molar-refractivity contribution in [1.82, 2.24) is 0 Å². The number of halogens is 1. The lowest BCUT2D eigenvalue weighted by Crippen LogP contribution is -2.25. The summed E-state index contributed by atoms with van der Waals surface area (Å²) in [7, 11) is 0. The molecule has 1 N–H and O–H groups in total. The molecule has 22 heavy (non-hydrogen) atoms. The van der Waals surface area contributed by atoms with Crippen molar-refractivity contribution >= 4 is 34.8 Å². The molecule has 0 saturated carbocycles. The van der Waals surface area contributed by atoms with E-state index in [2.05, 4.69) is 5.32 Å². The van der Waals surface area contributed by atoms with E-state index in [0.29, 0.717) is 22.8 Å². The van der Waals surface area contributed by atoms with E-state index in [9.17, 15) is 9.59 Å². The van der Waals surface area contributed by atoms with Gasteiger partial charge in [-0.1, -0.05) is 17.7 Å². The van der Waals surface area contributed by atoms with Crippen LogP contribution in [0.3, 0.4) is 0 Å². The fourth-order valence-corrected chi connectivity index (χ4v) is 2.83. The molecule has 112 valence electrons. The SMILES string of the molecule is CC(=O)N1CCc2cc(C(=O)Nc3cccc(Cl)c3)ccc21. The number of hydrogen-bond donors (Lipinski definition) is 1. The van der Waals surface area contributed by atoms with E-state index in [4.69, 9.17) is 11.6 Å². The second kappa shape index (κ2) is 5.81. The molecule has 0 unspecified atom stereocenters. The normalized spacial score (nSPS) is 12.9. The van der Waals surface area contributed by atoms with Gasteiger partial charge in [-0.05, 0) is 48.4 Å². The van der Waals surface area contributed by atoms with Crippen molar-refractivity contribution < 1.29 is 9.59 Å². The van der Waals surface area contributed by atoms with Gasteiger partial charge in [0, 0.05) is 35.4 Å². The summed E-state index contributed by atoms with van der Waals surface area (Å²) in [6.45, 7) is 2.22. The molecule has 1 aliphatic rings. The van der Waals surface area contributed by atoms with Crippen molar-refractivity contribution in [3.05, 3.63) is 58.6 Å². The lowest BCUT2D eigenvalue weighted by atomic mass is 10.1. The van der Waals surface area contributed by atoms with Crippen LogP contribution < -0.4 is 10.2 Å². The maximum atomic E-state index is 12.3. The molecule has 1 heterocycles. The van der Waals surface area contributed by atoms with Gasteiger partial charge in [0.1, 0.15) is 0 Å². The van der Waals surface area contributed by atoms with Gasteiger partial charge in [0.25, 0.3) is 5.91 Å². The average Bonchev–Trinajstić information content (AvgIpc) is 2.90. The molecule has 2 amide bonds. The molecule has 0 spiro atoms. The Morgan fingerprint density at radius 1 is 1.18 bits per heavy atom. The maximum Gasteiger partial charge on any atom is 0.255 e. The van der Waals surface area contributed by atoms with Crippen molar-refractivity contribution in [2.75, 3.05) is 16.8 Å². The van der Waals surface area contributed by atoms with E-state index in [-0.39, 0.29) is 11.8 Å². The van der Waals surface area contributed by atoms with Crippen LogP contribution in [0.2, 0.25) is 5.02 Å². The molecule has 0 fully saturated rings. The molecule has 2 aromatic carbocycles. The highest BCUT2D eigenvalue weighted by atomic mass is 35.5. The Labute approximate surface area is 133 Å². The first-order chi connectivity index (χ1) is 10.5. The number of nitrogens with one attached hydrogen (secondary N) is 1. The molecular formula is C17H15ClN2O2. The third-order valence-electron chi connectivity index (χ3n) is 3.70. The highest BCUT2D eigenvalue weighted by molar-refractivity contribution is 6.31. The first-order valence-corrected chi connectivity index (χ1v) is 7.40. The highest BCUT2D eigenvalue weighted by Crippen LogP contribution is 2.29. The fraction of sp³-hybridized carbons (Fsp3) is 0.176. The average molecular weight is 315 g/mol. The quantitative estimate of drug-likeness (QED) is 0.922. The molecule has 0 aliphatic carbocycles. The summed E-state index contributed by atoms with van der Waals surface area (Å²) in [5, 5.41) is 3.39. The lowest BCUT2D eigenvalue weighted by molar-refractivity contribution is -0.116. The standard InChI is InChI=1S/C17H15ClN2O2/c1-11(21)20-8-7-12-9-13(5-6-16(12)20)17(22)19-15-4-2-3-14(18)10-15/h2-6,9-10H,7-8H2,1H3,(H,19,22). The van der Waals surface area contributed by atoms with E-state index < -0.39 is 0 Å². The highest BCUT2D eigenvalue weighted by Gasteiger charge is 2.23. The summed E-state index contributed by atoms with van der Waals surface area (Å²) in [6, 6.07) is 12.4. The third kappa shape index (κ3) is 2.83. The van der Waals surface area contributed by atoms with Gasteiger partial charge in [-0.2, -0.15) is 0 Å². The van der Waals surface area contributed by atoms with Crippen LogP contribution in [0.15, 0.2) is 42.5 Å². The molecule has 0 radical (unpaired) electrons. The summed E-state index contributed by atoms with van der Waals surface area (Å²) < 4.78 is 0. The van der Waals surface area contributed by atoms with Gasteiger partial charge < -0.3 is 10.2 Å². The summed E-state index contributed by atoms with van der Waals surface area (Å²) in [6.07, 6.45) is 0.771. The molecule has 1 aliphatic heterocycles. The number of fused-ring (bicyclic) bond motifs is 1. The van der Waals surface area contributed by atoms with Gasteiger partial charge in [-0.25, -0.2) is 0 Å². The first-order valence-electron chi connectivity index (χ1n) is 7.02. The summed E-state index contributed by atoms with van der Waals surface area (Å²) in [5.74, 6) is -0.166. The number of nitrogens with zero attached hydrogens (tertiary/aromatic N) is 1. The molecular weight excluding hydrogens is 300 g/mol. The van der Waals surface area contributed by atoms with E-state index in [1.165, 1.54) is 0 Å². The largest absolute Gasteiger partial charge is 0.322 e. The summed E-state index contributed by atoms with van der Waals surface area (Å²) >= 11 is 5.91. The first kappa shape index (κ1) is 14.6. The van der Waals surface area contributed by atoms with E-state index in [1.54, 1.807) is 42.2 Å². The Balaban J connectivity index is 1.81. The number of anilines is 2. The lowest BCUT2D eigenvalue weighted by Gasteiger charge is -2.14. The van der Waals surface area contributed by atoms with Gasteiger partial charge >= 0.3 is 0 Å². The minimum absolute atomic E-state index is 0.0230. The Hall–Kier alpha value is -2.33. The van der Waals surface area contributed by atoms with Crippen molar-refractivity contribution in [1.29, 1.82) is 0 Å². The van der Waals surface area contributed by atoms with Crippen LogP contribution in [0.4, 0.5) is 11.4 Å². The second-order valence-corrected chi connectivity index (χ2v) is 5.67. The van der Waals surface area contributed by atoms with Crippen molar-refractivity contribution in [2.45, 2.75) is 13.3 Å². The van der Waals surface area contributed by atoms with Crippen LogP contribution >= 0.6 is 11.6 Å². The predicted octanol–water partition coefficient (Wildman–Crippen LogP) is 3.50. The van der Waals surface area contributed by atoms with Crippen LogP contribution in [0.5, 0.6) is 0 Å². The second-order valence-electron chi connectivity index (χ2n) is 5.23. The van der Waals surface area contributed by atoms with Crippen LogP contribution in [0, 0.1) is 0 Å². The Morgan fingerprint density at radius 3 is 2.73 bits per heavy atom. The van der Waals surface area contributed by atoms with Gasteiger partial charge in [-0.15, -0.1) is 0 Å². The third-order valence-corrected chi connectivity index (χ3v) is 3.93. The molecule has 4 nitrogen and oxygen atoms in total. The van der Waals surface area contributed by atoms with E-state index in [0.717, 1.165) is 17.7 Å². The monoisotopic (exact) mass is 314 g/mol. The zero-order valence-electron chi connectivity index (χ0n) is 12.1. The molecule has 2 aromatic rings. The van der Waals surface area contributed by atoms with Gasteiger partial charge in [0.15, 0.2) is 0 Å². The van der Waals surface area contributed by atoms with Crippen molar-refractivity contribution in [3.8, 4) is 0 Å². The van der Waals surface area contributed by atoms with Crippen LogP contribution in [-0.2, 0) is 11.2 Å². The Morgan fingerprint density at radius 2 is 2.00 bits per heavy atom. The minimum Gasteiger partial charge on any atom is -0.322 e. The van der Waals surface area contributed by atoms with Crippen LogP contribution in [0.25, 0.3) is 0 Å². The van der Waals surface area contributed by atoms with Crippen LogP contribution in [0.1, 0.15) is 22.8 Å². The van der Waals surface area contributed by atoms with Crippen LogP contribution in [-0.4, -0.2) is 18.4 Å². The number of benzene rings is 2. The molecule has 0 bridgehead atoms. The van der Waals surface area contributed by atoms with Gasteiger partial charge in [0.05, 0.1) is 0 Å². The zero-order chi connectivity index (χ0) is 15.7. The number of amides is 2. The number of carbonyl (C=O) groups is 2. The Bertz CT molecular complexity index is 758. The number of carbonyl (C=O) groups excluding carboxylic acids is 2. The topological polar surface area (TPSA) is 49.4 Å². The summed E-state index contributed by atoms with van der Waals surface area (Å²) in [4.78, 5) is 25.6. The molecule has 5 heteroatoms. The van der Waals surface area contributed by atoms with Crippen molar-refractivity contribution in [2.24, 2.45) is 0 Å². The zero-order valence-corrected chi connectivity index (χ0v) is 12.9. The maximum absolute atomic E-state index is 12.3. The fourth-order valence-electron chi connectivity index (χ4n) is 2.64. The number of hydrogen-bond acceptors (Lipinski definition) is 2. The summed E-state index contributed by atoms with van der Waals surface area (Å²) in [5.41, 5.74) is 3.15. The molecule has 0 aromatic heterocycles. The van der Waals surface area contributed by atoms with E-state index in [1.807, 2.05) is 12.1 Å². The Kier molecular flexibility index (Phi) is 3.86. The van der Waals surface area contributed by atoms with Gasteiger partial charge in [0.2, 0.25) is 5.91 Å². The van der Waals surface area contributed by atoms with Gasteiger partial charge in [-0.3, -0.25) is 9.59 Å². The molecule has 3 rings (SSSR count). The van der Waals surface area contributed by atoms with Crippen molar-refractivity contribution in [3.63, 3.8) is 0 Å². The molecule has 0 atom stereocenters. The molecule has 0 saturated heterocycles. The van der Waals surface area contributed by atoms with E-state index >= 15 is 0 Å². The minimum atomic E-state index is -0.189. The number of rotatable bonds is 2. The smallest absolute Gasteiger partial charge is 0.255 e. The predicted molar refractivity (Wildman–Crippen MR) is 87.6 cm³/mol.